The Morgan fingerprint density at radius 2 is 1.50 bits per heavy atom. The fourth-order valence-electron chi connectivity index (χ4n) is 5.18. The topological polar surface area (TPSA) is 100 Å². The van der Waals surface area contributed by atoms with E-state index in [0.29, 0.717) is 40.9 Å². The molecule has 4 aromatic carbocycles. The highest BCUT2D eigenvalue weighted by Gasteiger charge is 2.26. The molecule has 7 nitrogen and oxygen atoms in total. The molecule has 242 valence electrons. The molecule has 0 bridgehead atoms. The molecule has 0 saturated carbocycles. The molecule has 0 saturated heterocycles. The summed E-state index contributed by atoms with van der Waals surface area (Å²) in [4.78, 5) is 24.8. The van der Waals surface area contributed by atoms with Crippen LogP contribution in [0.2, 0.25) is 0 Å². The van der Waals surface area contributed by atoms with Crippen LogP contribution in [0.3, 0.4) is 0 Å². The van der Waals surface area contributed by atoms with Crippen LogP contribution in [0.5, 0.6) is 11.5 Å². The zero-order valence-corrected chi connectivity index (χ0v) is 28.2. The fourth-order valence-corrected chi connectivity index (χ4v) is 5.18. The van der Waals surface area contributed by atoms with Crippen LogP contribution in [0, 0.1) is 0 Å². The van der Waals surface area contributed by atoms with Gasteiger partial charge < -0.3 is 15.2 Å². The number of ketones is 1. The van der Waals surface area contributed by atoms with Crippen molar-refractivity contribution in [2.45, 2.75) is 85.0 Å². The zero-order valence-electron chi connectivity index (χ0n) is 28.2. The third-order valence-electron chi connectivity index (χ3n) is 9.16. The van der Waals surface area contributed by atoms with Gasteiger partial charge >= 0.3 is 0 Å². The Morgan fingerprint density at radius 3 is 2.15 bits per heavy atom. The Balaban J connectivity index is 1.40. The third kappa shape index (κ3) is 8.00. The molecule has 0 spiro atoms. The second-order valence-corrected chi connectivity index (χ2v) is 13.1. The Bertz CT molecular complexity index is 1720. The maximum Gasteiger partial charge on any atom is 0.255 e. The number of carbonyl (C=O) groups is 2. The number of nitrogens with zero attached hydrogens (tertiary/aromatic N) is 2. The van der Waals surface area contributed by atoms with Gasteiger partial charge in [0.25, 0.3) is 5.91 Å². The largest absolute Gasteiger partial charge is 0.506 e. The summed E-state index contributed by atoms with van der Waals surface area (Å²) < 4.78 is 6.29. The van der Waals surface area contributed by atoms with E-state index in [1.807, 2.05) is 12.1 Å². The first kappa shape index (κ1) is 34.4. The quantitative estimate of drug-likeness (QED) is 0.0831. The van der Waals surface area contributed by atoms with Crippen molar-refractivity contribution in [1.29, 1.82) is 0 Å². The lowest BCUT2D eigenvalue weighted by Crippen LogP contribution is -2.25. The lowest BCUT2D eigenvalue weighted by Gasteiger charge is -2.30. The molecular formula is C39H47N3O4. The number of amides is 1. The molecule has 2 N–H and O–H groups in total. The number of benzene rings is 4. The summed E-state index contributed by atoms with van der Waals surface area (Å²) in [7, 11) is 0. The van der Waals surface area contributed by atoms with Crippen LogP contribution in [-0.4, -0.2) is 29.9 Å². The molecule has 0 heterocycles. The molecule has 46 heavy (non-hydrogen) atoms. The summed E-state index contributed by atoms with van der Waals surface area (Å²) in [6.07, 6.45) is 3.55. The van der Waals surface area contributed by atoms with Gasteiger partial charge in [0.05, 0.1) is 23.5 Å². The van der Waals surface area contributed by atoms with Crippen molar-refractivity contribution in [2.24, 2.45) is 10.2 Å². The summed E-state index contributed by atoms with van der Waals surface area (Å²) in [5.74, 6) is 0.418. The first-order chi connectivity index (χ1) is 21.9. The fraction of sp³-hybridized carbons (Fsp3) is 0.385. The van der Waals surface area contributed by atoms with Crippen molar-refractivity contribution < 1.29 is 19.4 Å². The normalized spacial score (nSPS) is 12.1. The van der Waals surface area contributed by atoms with Crippen LogP contribution < -0.4 is 10.1 Å². The summed E-state index contributed by atoms with van der Waals surface area (Å²) >= 11 is 0. The monoisotopic (exact) mass is 621 g/mol. The second-order valence-electron chi connectivity index (χ2n) is 13.1. The average Bonchev–Trinajstić information content (AvgIpc) is 3.06. The van der Waals surface area contributed by atoms with Gasteiger partial charge in [-0.15, -0.1) is 5.11 Å². The van der Waals surface area contributed by atoms with Gasteiger partial charge in [0.1, 0.15) is 11.5 Å². The van der Waals surface area contributed by atoms with E-state index >= 15 is 0 Å². The maximum atomic E-state index is 13.2. The summed E-state index contributed by atoms with van der Waals surface area (Å²) in [6, 6.07) is 22.2. The lowest BCUT2D eigenvalue weighted by molar-refractivity contribution is 0.0949. The van der Waals surface area contributed by atoms with Crippen molar-refractivity contribution in [3.63, 3.8) is 0 Å². The second kappa shape index (κ2) is 14.7. The molecule has 0 aromatic heterocycles. The number of nitrogens with one attached hydrogen (secondary N) is 1. The molecule has 4 rings (SSSR count). The Labute approximate surface area is 273 Å². The maximum absolute atomic E-state index is 13.2. The van der Waals surface area contributed by atoms with Gasteiger partial charge in [-0.05, 0) is 85.4 Å². The van der Waals surface area contributed by atoms with E-state index in [0.717, 1.165) is 31.4 Å². The SMILES string of the molecule is CCC(C)(C)c1ccc(OCCCCNC(=O)c2cc(N=Nc3ccc(C(C)=O)cc3)c3ccccc3c2O)c(C(C)(C)CC)c1. The number of Topliss-reactive ketones (excluding diaryl/α,β-unsaturated/α-hetero) is 1. The predicted octanol–water partition coefficient (Wildman–Crippen LogP) is 10.1. The minimum absolute atomic E-state index is 0.0104. The van der Waals surface area contributed by atoms with Crippen LogP contribution >= 0.6 is 0 Å². The Kier molecular flexibility index (Phi) is 11.0. The number of hydrogen-bond acceptors (Lipinski definition) is 6. The molecule has 1 amide bonds. The number of fused-ring (bicyclic) bond motifs is 1. The summed E-state index contributed by atoms with van der Waals surface area (Å²) in [6.45, 7) is 16.0. The number of phenols is 1. The molecule has 0 fully saturated rings. The number of carbonyl (C=O) groups excluding carboxylic acids is 2. The molecule has 7 heteroatoms. The standard InChI is InChI=1S/C39H47N3O4/c1-8-38(4,5)28-18-21-35(33(24-28)39(6,7)9-2)46-23-13-12-22-40-37(45)32-25-34(30-14-10-11-15-31(30)36(32)44)42-41-29-19-16-27(17-20-29)26(3)43/h10-11,14-21,24-25,44H,8-9,12-13,22-23H2,1-7H3,(H,40,45). The van der Waals surface area contributed by atoms with E-state index in [4.69, 9.17) is 4.74 Å². The van der Waals surface area contributed by atoms with E-state index in [2.05, 4.69) is 75.3 Å². The number of ether oxygens (including phenoxy) is 1. The number of hydrogen-bond donors (Lipinski definition) is 2. The van der Waals surface area contributed by atoms with Crippen LogP contribution in [-0.2, 0) is 10.8 Å². The highest BCUT2D eigenvalue weighted by molar-refractivity contribution is 6.07. The van der Waals surface area contributed by atoms with E-state index in [-0.39, 0.29) is 33.8 Å². The third-order valence-corrected chi connectivity index (χ3v) is 9.16. The van der Waals surface area contributed by atoms with E-state index in [1.54, 1.807) is 42.5 Å². The minimum atomic E-state index is -0.382. The molecule has 0 aliphatic carbocycles. The van der Waals surface area contributed by atoms with Gasteiger partial charge in [-0.2, -0.15) is 5.11 Å². The lowest BCUT2D eigenvalue weighted by atomic mass is 9.76. The van der Waals surface area contributed by atoms with Crippen molar-refractivity contribution in [1.82, 2.24) is 5.32 Å². The Morgan fingerprint density at radius 1 is 0.826 bits per heavy atom. The van der Waals surface area contributed by atoms with Crippen LogP contribution in [0.4, 0.5) is 11.4 Å². The zero-order chi connectivity index (χ0) is 33.5. The molecule has 0 aliphatic heterocycles. The number of rotatable bonds is 14. The summed E-state index contributed by atoms with van der Waals surface area (Å²) in [5, 5.41) is 23.8. The first-order valence-electron chi connectivity index (χ1n) is 16.2. The molecule has 0 aliphatic rings. The average molecular weight is 622 g/mol. The Hall–Kier alpha value is -4.52. The van der Waals surface area contributed by atoms with Gasteiger partial charge in [-0.1, -0.05) is 77.9 Å². The minimum Gasteiger partial charge on any atom is -0.506 e. The van der Waals surface area contributed by atoms with Gasteiger partial charge in [0.15, 0.2) is 5.78 Å². The smallest absolute Gasteiger partial charge is 0.255 e. The van der Waals surface area contributed by atoms with E-state index in [1.165, 1.54) is 18.1 Å². The number of unbranched alkanes of at least 4 members (excludes halogenated alkanes) is 1. The van der Waals surface area contributed by atoms with Crippen molar-refractivity contribution in [2.75, 3.05) is 13.2 Å². The molecule has 0 atom stereocenters. The molecular weight excluding hydrogens is 574 g/mol. The molecule has 0 unspecified atom stereocenters. The van der Waals surface area contributed by atoms with Gasteiger partial charge in [-0.3, -0.25) is 9.59 Å². The number of phenolic OH excluding ortho intramolecular Hbond substituents is 1. The highest BCUT2D eigenvalue weighted by atomic mass is 16.5. The van der Waals surface area contributed by atoms with Crippen LogP contribution in [0.25, 0.3) is 10.8 Å². The molecule has 0 radical (unpaired) electrons. The van der Waals surface area contributed by atoms with Crippen LogP contribution in [0.1, 0.15) is 106 Å². The van der Waals surface area contributed by atoms with Gasteiger partial charge in [0.2, 0.25) is 0 Å². The van der Waals surface area contributed by atoms with Crippen molar-refractivity contribution >= 4 is 33.8 Å². The van der Waals surface area contributed by atoms with Gasteiger partial charge in [-0.25, -0.2) is 0 Å². The van der Waals surface area contributed by atoms with Gasteiger partial charge in [0, 0.05) is 28.4 Å². The number of azo groups is 1. The van der Waals surface area contributed by atoms with E-state index in [9.17, 15) is 14.7 Å². The first-order valence-corrected chi connectivity index (χ1v) is 16.2. The van der Waals surface area contributed by atoms with Crippen molar-refractivity contribution in [3.05, 3.63) is 95.1 Å². The molecule has 4 aromatic rings. The van der Waals surface area contributed by atoms with E-state index < -0.39 is 0 Å². The number of aromatic hydroxyl groups is 1. The summed E-state index contributed by atoms with van der Waals surface area (Å²) in [5.41, 5.74) is 4.41. The van der Waals surface area contributed by atoms with Crippen LogP contribution in [0.15, 0.2) is 83.0 Å². The highest BCUT2D eigenvalue weighted by Crippen LogP contribution is 2.39. The predicted molar refractivity (Wildman–Crippen MR) is 186 cm³/mol. The van der Waals surface area contributed by atoms with Crippen molar-refractivity contribution in [3.8, 4) is 11.5 Å².